The van der Waals surface area contributed by atoms with Crippen molar-refractivity contribution in [1.82, 2.24) is 10.6 Å². The van der Waals surface area contributed by atoms with Crippen molar-refractivity contribution in [3.63, 3.8) is 0 Å². The fourth-order valence-corrected chi connectivity index (χ4v) is 4.61. The molecule has 0 bridgehead atoms. The van der Waals surface area contributed by atoms with Crippen LogP contribution in [0.1, 0.15) is 38.5 Å². The van der Waals surface area contributed by atoms with E-state index >= 15 is 0 Å². The fourth-order valence-electron chi connectivity index (χ4n) is 4.61. The van der Waals surface area contributed by atoms with Gasteiger partial charge in [0.25, 0.3) is 0 Å². The third kappa shape index (κ3) is 2.78. The Hall–Kier alpha value is -2.01. The number of hydrogen-bond acceptors (Lipinski definition) is 3. The largest absolute Gasteiger partial charge is 0.459 e. The second-order valence-corrected chi connectivity index (χ2v) is 8.03. The van der Waals surface area contributed by atoms with Crippen molar-refractivity contribution in [2.45, 2.75) is 52.8 Å². The first-order chi connectivity index (χ1) is 12.5. The first-order valence-electron chi connectivity index (χ1n) is 9.65. The van der Waals surface area contributed by atoms with Crippen molar-refractivity contribution >= 4 is 16.9 Å². The molecule has 1 aliphatic carbocycles. The molecule has 26 heavy (non-hydrogen) atoms. The van der Waals surface area contributed by atoms with Crippen LogP contribution in [0, 0.1) is 18.3 Å². The molecule has 3 atom stereocenters. The predicted octanol–water partition coefficient (Wildman–Crippen LogP) is 3.61. The summed E-state index contributed by atoms with van der Waals surface area (Å²) in [5.41, 5.74) is 2.24. The van der Waals surface area contributed by atoms with Crippen LogP contribution in [0.2, 0.25) is 0 Å². The third-order valence-electron chi connectivity index (χ3n) is 6.06. The van der Waals surface area contributed by atoms with E-state index in [2.05, 4.69) is 44.4 Å². The molecule has 2 fully saturated rings. The number of nitrogens with zero attached hydrogens (tertiary/aromatic N) is 1. The summed E-state index contributed by atoms with van der Waals surface area (Å²) in [5, 5.41) is 8.20. The van der Waals surface area contributed by atoms with Gasteiger partial charge in [-0.1, -0.05) is 32.0 Å². The van der Waals surface area contributed by atoms with Gasteiger partial charge in [0.1, 0.15) is 17.9 Å². The van der Waals surface area contributed by atoms with Gasteiger partial charge < -0.3 is 19.8 Å². The monoisotopic (exact) mass is 355 g/mol. The molecular formula is C21H29N3O2. The minimum Gasteiger partial charge on any atom is -0.459 e. The number of ether oxygens (including phenoxy) is 1. The maximum Gasteiger partial charge on any atom is 0.191 e. The maximum absolute atomic E-state index is 6.00. The molecule has 2 heterocycles. The van der Waals surface area contributed by atoms with Gasteiger partial charge in [0, 0.05) is 41.5 Å². The van der Waals surface area contributed by atoms with Crippen LogP contribution in [0.15, 0.2) is 33.7 Å². The lowest BCUT2D eigenvalue weighted by Crippen LogP contribution is -2.67. The maximum atomic E-state index is 6.00. The zero-order valence-corrected chi connectivity index (χ0v) is 16.1. The molecule has 2 aliphatic rings. The molecule has 1 aliphatic heterocycles. The highest BCUT2D eigenvalue weighted by Crippen LogP contribution is 2.52. The zero-order valence-electron chi connectivity index (χ0n) is 16.1. The quantitative estimate of drug-likeness (QED) is 0.650. The number of hydrogen-bond donors (Lipinski definition) is 2. The summed E-state index contributed by atoms with van der Waals surface area (Å²) < 4.78 is 11.9. The summed E-state index contributed by atoms with van der Waals surface area (Å²) in [4.78, 5) is 4.80. The van der Waals surface area contributed by atoms with Crippen molar-refractivity contribution in [2.24, 2.45) is 16.3 Å². The summed E-state index contributed by atoms with van der Waals surface area (Å²) in [7, 11) is 0. The molecule has 3 unspecified atom stereocenters. The highest BCUT2D eigenvalue weighted by Gasteiger charge is 2.59. The van der Waals surface area contributed by atoms with Gasteiger partial charge in [-0.3, -0.25) is 0 Å². The lowest BCUT2D eigenvalue weighted by molar-refractivity contribution is -0.106. The van der Waals surface area contributed by atoms with Crippen molar-refractivity contribution in [3.8, 4) is 0 Å². The van der Waals surface area contributed by atoms with Crippen LogP contribution < -0.4 is 10.6 Å². The van der Waals surface area contributed by atoms with Gasteiger partial charge in [0.05, 0.1) is 6.10 Å². The fraction of sp³-hybridized carbons (Fsp3) is 0.571. The number of furan rings is 1. The standard InChI is InChI=1S/C21H29N3O2/c1-5-22-20(24-18-15-10-11-25-19(15)21(18,3)4)23-12-17-13(2)14-8-6-7-9-16(14)26-17/h6-9,15,18-19H,5,10-12H2,1-4H3,(H2,22,23,24). The third-order valence-corrected chi connectivity index (χ3v) is 6.06. The number of para-hydroxylation sites is 1. The SMILES string of the molecule is CCNC(=NCc1oc2ccccc2c1C)NC1C2CCOC2C1(C)C. The zero-order chi connectivity index (χ0) is 18.3. The van der Waals surface area contributed by atoms with E-state index in [-0.39, 0.29) is 5.41 Å². The molecule has 2 aromatic rings. The summed E-state index contributed by atoms with van der Waals surface area (Å²) in [6.45, 7) is 11.0. The molecule has 4 rings (SSSR count). The van der Waals surface area contributed by atoms with Gasteiger partial charge in [0.2, 0.25) is 0 Å². The van der Waals surface area contributed by atoms with Crippen molar-refractivity contribution < 1.29 is 9.15 Å². The Balaban J connectivity index is 1.51. The molecule has 1 saturated heterocycles. The van der Waals surface area contributed by atoms with E-state index in [1.54, 1.807) is 0 Å². The van der Waals surface area contributed by atoms with Crippen LogP contribution in [0.25, 0.3) is 11.0 Å². The highest BCUT2D eigenvalue weighted by atomic mass is 16.5. The van der Waals surface area contributed by atoms with Crippen LogP contribution in [-0.4, -0.2) is 31.3 Å². The van der Waals surface area contributed by atoms with E-state index in [0.717, 1.165) is 36.9 Å². The number of aliphatic imine (C=N–C) groups is 1. The van der Waals surface area contributed by atoms with Crippen LogP contribution >= 0.6 is 0 Å². The first-order valence-corrected chi connectivity index (χ1v) is 9.65. The molecule has 140 valence electrons. The Morgan fingerprint density at radius 3 is 2.88 bits per heavy atom. The first kappa shape index (κ1) is 17.4. The van der Waals surface area contributed by atoms with Crippen LogP contribution in [0.3, 0.4) is 0 Å². The van der Waals surface area contributed by atoms with Crippen molar-refractivity contribution in [2.75, 3.05) is 13.2 Å². The van der Waals surface area contributed by atoms with Gasteiger partial charge >= 0.3 is 0 Å². The average Bonchev–Trinajstić information content (AvgIpc) is 3.21. The average molecular weight is 355 g/mol. The van der Waals surface area contributed by atoms with Gasteiger partial charge in [-0.2, -0.15) is 0 Å². The summed E-state index contributed by atoms with van der Waals surface area (Å²) in [6, 6.07) is 8.55. The van der Waals surface area contributed by atoms with Gasteiger partial charge in [-0.05, 0) is 26.3 Å². The second kappa shape index (κ2) is 6.62. The van der Waals surface area contributed by atoms with Gasteiger partial charge in [-0.25, -0.2) is 4.99 Å². The minimum absolute atomic E-state index is 0.132. The normalized spacial score (nSPS) is 27.2. The van der Waals surface area contributed by atoms with Crippen molar-refractivity contribution in [3.05, 3.63) is 35.6 Å². The number of nitrogens with one attached hydrogen (secondary N) is 2. The summed E-state index contributed by atoms with van der Waals surface area (Å²) in [5.74, 6) is 2.37. The molecule has 1 saturated carbocycles. The lowest BCUT2D eigenvalue weighted by atomic mass is 9.57. The number of aryl methyl sites for hydroxylation is 1. The molecule has 5 nitrogen and oxygen atoms in total. The Kier molecular flexibility index (Phi) is 4.43. The van der Waals surface area contributed by atoms with Crippen LogP contribution in [-0.2, 0) is 11.3 Å². The molecule has 0 amide bonds. The Bertz CT molecular complexity index is 824. The number of benzene rings is 1. The molecular weight excluding hydrogens is 326 g/mol. The summed E-state index contributed by atoms with van der Waals surface area (Å²) >= 11 is 0. The molecule has 0 spiro atoms. The van der Waals surface area contributed by atoms with E-state index in [4.69, 9.17) is 14.1 Å². The molecule has 1 aromatic heterocycles. The highest BCUT2D eigenvalue weighted by molar-refractivity contribution is 5.82. The summed E-state index contributed by atoms with van der Waals surface area (Å²) in [6.07, 6.45) is 1.51. The Morgan fingerprint density at radius 2 is 2.12 bits per heavy atom. The van der Waals surface area contributed by atoms with E-state index in [1.165, 1.54) is 10.9 Å². The van der Waals surface area contributed by atoms with Gasteiger partial charge in [0.15, 0.2) is 5.96 Å². The van der Waals surface area contributed by atoms with Crippen LogP contribution in [0.4, 0.5) is 0 Å². The van der Waals surface area contributed by atoms with E-state index < -0.39 is 0 Å². The smallest absolute Gasteiger partial charge is 0.191 e. The number of guanidine groups is 1. The molecule has 0 radical (unpaired) electrons. The molecule has 2 N–H and O–H groups in total. The van der Waals surface area contributed by atoms with Gasteiger partial charge in [-0.15, -0.1) is 0 Å². The molecule has 5 heteroatoms. The minimum atomic E-state index is 0.132. The topological polar surface area (TPSA) is 58.8 Å². The predicted molar refractivity (Wildman–Crippen MR) is 104 cm³/mol. The number of fused-ring (bicyclic) bond motifs is 2. The van der Waals surface area contributed by atoms with E-state index in [1.807, 2.05) is 18.2 Å². The Labute approximate surface area is 155 Å². The number of rotatable bonds is 4. The Morgan fingerprint density at radius 1 is 1.31 bits per heavy atom. The van der Waals surface area contributed by atoms with E-state index in [0.29, 0.717) is 24.6 Å². The van der Waals surface area contributed by atoms with Crippen LogP contribution in [0.5, 0.6) is 0 Å². The van der Waals surface area contributed by atoms with E-state index in [9.17, 15) is 0 Å². The lowest BCUT2D eigenvalue weighted by Gasteiger charge is -2.54. The molecule has 1 aromatic carbocycles. The second-order valence-electron chi connectivity index (χ2n) is 8.03. The van der Waals surface area contributed by atoms with Crippen molar-refractivity contribution in [1.29, 1.82) is 0 Å².